The van der Waals surface area contributed by atoms with Crippen molar-refractivity contribution >= 4 is 28.4 Å². The van der Waals surface area contributed by atoms with Crippen molar-refractivity contribution in [2.75, 3.05) is 0 Å². The zero-order valence-corrected chi connectivity index (χ0v) is 15.9. The second-order valence-corrected chi connectivity index (χ2v) is 6.79. The second kappa shape index (κ2) is 7.74. The normalized spacial score (nSPS) is 10.8. The smallest absolute Gasteiger partial charge is 0.252 e. The fraction of sp³-hybridized carbons (Fsp3) is 0.0909. The number of aryl methyl sites for hydroxylation is 1. The Labute approximate surface area is 167 Å². The van der Waals surface area contributed by atoms with Gasteiger partial charge in [-0.05, 0) is 48.4 Å². The maximum atomic E-state index is 13.0. The van der Waals surface area contributed by atoms with Gasteiger partial charge in [-0.1, -0.05) is 29.8 Å². The Morgan fingerprint density at radius 2 is 1.96 bits per heavy atom. The number of nitrogens with one attached hydrogen (secondary N) is 1. The molecule has 0 unspecified atom stereocenters. The lowest BCUT2D eigenvalue weighted by molar-refractivity contribution is 0.0952. The summed E-state index contributed by atoms with van der Waals surface area (Å²) in [5.74, 6) is -0.185. The summed E-state index contributed by atoms with van der Waals surface area (Å²) < 4.78 is 0. The van der Waals surface area contributed by atoms with Gasteiger partial charge in [0.25, 0.3) is 5.91 Å². The van der Waals surface area contributed by atoms with Gasteiger partial charge in [0.15, 0.2) is 0 Å². The molecule has 5 nitrogen and oxygen atoms in total. The summed E-state index contributed by atoms with van der Waals surface area (Å²) in [4.78, 5) is 26.2. The number of rotatable bonds is 4. The molecule has 0 bridgehead atoms. The van der Waals surface area contributed by atoms with Gasteiger partial charge >= 0.3 is 0 Å². The van der Waals surface area contributed by atoms with Gasteiger partial charge in [-0.25, -0.2) is 4.98 Å². The van der Waals surface area contributed by atoms with Crippen LogP contribution in [0.15, 0.2) is 67.1 Å². The van der Waals surface area contributed by atoms with Crippen LogP contribution in [0.4, 0.5) is 0 Å². The molecule has 0 aliphatic rings. The minimum atomic E-state index is -0.185. The van der Waals surface area contributed by atoms with E-state index in [2.05, 4.69) is 15.3 Å². The summed E-state index contributed by atoms with van der Waals surface area (Å²) in [7, 11) is 0. The highest BCUT2D eigenvalue weighted by atomic mass is 35.5. The van der Waals surface area contributed by atoms with E-state index in [1.165, 1.54) is 0 Å². The molecule has 1 aromatic carbocycles. The van der Waals surface area contributed by atoms with Crippen LogP contribution in [0.3, 0.4) is 0 Å². The number of amides is 1. The number of carbonyl (C=O) groups excluding carboxylic acids is 1. The van der Waals surface area contributed by atoms with Gasteiger partial charge in [0.1, 0.15) is 0 Å². The lowest BCUT2D eigenvalue weighted by Gasteiger charge is -2.12. The fourth-order valence-electron chi connectivity index (χ4n) is 3.02. The zero-order chi connectivity index (χ0) is 19.5. The predicted octanol–water partition coefficient (Wildman–Crippen LogP) is 4.58. The molecular weight excluding hydrogens is 372 g/mol. The van der Waals surface area contributed by atoms with Crippen LogP contribution < -0.4 is 5.32 Å². The summed E-state index contributed by atoms with van der Waals surface area (Å²) in [6, 6.07) is 14.8. The van der Waals surface area contributed by atoms with E-state index in [0.717, 1.165) is 16.5 Å². The first kappa shape index (κ1) is 18.1. The molecule has 0 saturated carbocycles. The van der Waals surface area contributed by atoms with Crippen LogP contribution in [-0.2, 0) is 6.54 Å². The van der Waals surface area contributed by atoms with E-state index in [-0.39, 0.29) is 5.91 Å². The molecule has 4 rings (SSSR count). The van der Waals surface area contributed by atoms with Gasteiger partial charge in [0.05, 0.1) is 22.5 Å². The van der Waals surface area contributed by atoms with Gasteiger partial charge in [-0.2, -0.15) is 0 Å². The first-order valence-corrected chi connectivity index (χ1v) is 9.19. The molecule has 0 saturated heterocycles. The van der Waals surface area contributed by atoms with Crippen molar-refractivity contribution in [1.82, 2.24) is 20.3 Å². The Bertz CT molecular complexity index is 1150. The molecule has 0 spiro atoms. The van der Waals surface area contributed by atoms with Crippen molar-refractivity contribution in [2.45, 2.75) is 13.5 Å². The SMILES string of the molecule is Cc1c(Cl)ccc2c(C(=O)NCc3cccnc3)cc(-c3ccccn3)nc12. The molecule has 0 aliphatic heterocycles. The van der Waals surface area contributed by atoms with E-state index in [9.17, 15) is 4.79 Å². The van der Waals surface area contributed by atoms with Crippen molar-refractivity contribution in [2.24, 2.45) is 0 Å². The number of benzene rings is 1. The monoisotopic (exact) mass is 388 g/mol. The van der Waals surface area contributed by atoms with Crippen LogP contribution in [-0.4, -0.2) is 20.9 Å². The summed E-state index contributed by atoms with van der Waals surface area (Å²) >= 11 is 6.30. The minimum Gasteiger partial charge on any atom is -0.348 e. The number of pyridine rings is 3. The molecule has 0 aliphatic carbocycles. The number of hydrogen-bond donors (Lipinski definition) is 1. The highest BCUT2D eigenvalue weighted by Crippen LogP contribution is 2.29. The van der Waals surface area contributed by atoms with E-state index in [1.807, 2.05) is 43.3 Å². The van der Waals surface area contributed by atoms with Gasteiger partial charge in [-0.3, -0.25) is 14.8 Å². The van der Waals surface area contributed by atoms with E-state index in [1.54, 1.807) is 30.7 Å². The fourth-order valence-corrected chi connectivity index (χ4v) is 3.17. The van der Waals surface area contributed by atoms with Crippen molar-refractivity contribution in [3.63, 3.8) is 0 Å². The molecule has 0 atom stereocenters. The molecular formula is C22H17ClN4O. The second-order valence-electron chi connectivity index (χ2n) is 6.38. The lowest BCUT2D eigenvalue weighted by atomic mass is 10.0. The average Bonchev–Trinajstić information content (AvgIpc) is 2.75. The third-order valence-corrected chi connectivity index (χ3v) is 4.93. The number of hydrogen-bond acceptors (Lipinski definition) is 4. The summed E-state index contributed by atoms with van der Waals surface area (Å²) in [5.41, 5.74) is 4.32. The Morgan fingerprint density at radius 1 is 1.07 bits per heavy atom. The molecule has 28 heavy (non-hydrogen) atoms. The first-order valence-electron chi connectivity index (χ1n) is 8.82. The van der Waals surface area contributed by atoms with E-state index >= 15 is 0 Å². The standard InChI is InChI=1S/C22H17ClN4O/c1-14-18(23)8-7-16-17(22(28)26-13-15-5-4-9-24-12-15)11-20(27-21(14)16)19-6-2-3-10-25-19/h2-12H,13H2,1H3,(H,26,28). The summed E-state index contributed by atoms with van der Waals surface area (Å²) in [5, 5.41) is 4.33. The quantitative estimate of drug-likeness (QED) is 0.555. The van der Waals surface area contributed by atoms with E-state index in [4.69, 9.17) is 16.6 Å². The maximum absolute atomic E-state index is 13.0. The number of aromatic nitrogens is 3. The number of fused-ring (bicyclic) bond motifs is 1. The molecule has 3 aromatic heterocycles. The van der Waals surface area contributed by atoms with Crippen LogP contribution in [0.25, 0.3) is 22.3 Å². The molecule has 0 fully saturated rings. The molecule has 1 N–H and O–H groups in total. The Hall–Kier alpha value is -3.31. The highest BCUT2D eigenvalue weighted by molar-refractivity contribution is 6.32. The average molecular weight is 389 g/mol. The maximum Gasteiger partial charge on any atom is 0.252 e. The third-order valence-electron chi connectivity index (χ3n) is 4.52. The van der Waals surface area contributed by atoms with Crippen molar-refractivity contribution in [3.05, 3.63) is 88.8 Å². The van der Waals surface area contributed by atoms with Gasteiger partial charge in [0, 0.05) is 35.5 Å². The van der Waals surface area contributed by atoms with E-state index < -0.39 is 0 Å². The Balaban J connectivity index is 1.79. The molecule has 6 heteroatoms. The Morgan fingerprint density at radius 3 is 2.71 bits per heavy atom. The first-order chi connectivity index (χ1) is 13.6. The van der Waals surface area contributed by atoms with Crippen LogP contribution in [0.5, 0.6) is 0 Å². The molecule has 3 heterocycles. The van der Waals surface area contributed by atoms with Crippen LogP contribution in [0, 0.1) is 6.92 Å². The van der Waals surface area contributed by atoms with Crippen molar-refractivity contribution in [1.29, 1.82) is 0 Å². The van der Waals surface area contributed by atoms with Gasteiger partial charge in [-0.15, -0.1) is 0 Å². The van der Waals surface area contributed by atoms with Crippen molar-refractivity contribution < 1.29 is 4.79 Å². The molecule has 0 radical (unpaired) electrons. The van der Waals surface area contributed by atoms with Gasteiger partial charge < -0.3 is 5.32 Å². The predicted molar refractivity (Wildman–Crippen MR) is 110 cm³/mol. The number of carbonyl (C=O) groups is 1. The third kappa shape index (κ3) is 3.57. The molecule has 4 aromatic rings. The zero-order valence-electron chi connectivity index (χ0n) is 15.2. The van der Waals surface area contributed by atoms with Crippen LogP contribution in [0.2, 0.25) is 5.02 Å². The lowest BCUT2D eigenvalue weighted by Crippen LogP contribution is -2.23. The minimum absolute atomic E-state index is 0.185. The molecule has 1 amide bonds. The van der Waals surface area contributed by atoms with Crippen LogP contribution >= 0.6 is 11.6 Å². The molecule has 138 valence electrons. The summed E-state index contributed by atoms with van der Waals surface area (Å²) in [6.07, 6.45) is 5.13. The Kier molecular flexibility index (Phi) is 5.00. The van der Waals surface area contributed by atoms with E-state index in [0.29, 0.717) is 34.0 Å². The summed E-state index contributed by atoms with van der Waals surface area (Å²) in [6.45, 7) is 2.29. The van der Waals surface area contributed by atoms with Crippen LogP contribution in [0.1, 0.15) is 21.5 Å². The highest BCUT2D eigenvalue weighted by Gasteiger charge is 2.16. The van der Waals surface area contributed by atoms with Gasteiger partial charge in [0.2, 0.25) is 0 Å². The van der Waals surface area contributed by atoms with Crippen molar-refractivity contribution in [3.8, 4) is 11.4 Å². The topological polar surface area (TPSA) is 67.8 Å². The largest absolute Gasteiger partial charge is 0.348 e. The number of halogens is 1. The number of nitrogens with zero attached hydrogens (tertiary/aromatic N) is 3.